The van der Waals surface area contributed by atoms with Gasteiger partial charge < -0.3 is 10.2 Å². The van der Waals surface area contributed by atoms with Crippen molar-refractivity contribution in [2.45, 2.75) is 57.8 Å². The summed E-state index contributed by atoms with van der Waals surface area (Å²) in [5.41, 5.74) is 1.52. The normalized spacial score (nSPS) is 37.4. The number of aromatic hydroxyl groups is 2. The third-order valence-electron chi connectivity index (χ3n) is 5.68. The first-order valence-electron chi connectivity index (χ1n) is 8.04. The van der Waals surface area contributed by atoms with E-state index in [0.717, 1.165) is 17.8 Å². The predicted molar refractivity (Wildman–Crippen MR) is 81.0 cm³/mol. The molecule has 0 radical (unpaired) electrons. The fourth-order valence-electron chi connectivity index (χ4n) is 4.31. The molecular formula is C18H26O2. The number of hydrogen-bond donors (Lipinski definition) is 2. The van der Waals surface area contributed by atoms with E-state index >= 15 is 0 Å². The van der Waals surface area contributed by atoms with Gasteiger partial charge in [-0.3, -0.25) is 0 Å². The molecule has 0 aliphatic heterocycles. The van der Waals surface area contributed by atoms with Gasteiger partial charge in [-0.05, 0) is 73.0 Å². The van der Waals surface area contributed by atoms with Crippen LogP contribution >= 0.6 is 0 Å². The summed E-state index contributed by atoms with van der Waals surface area (Å²) < 4.78 is 0. The van der Waals surface area contributed by atoms with E-state index in [9.17, 15) is 10.2 Å². The lowest BCUT2D eigenvalue weighted by atomic mass is 9.85. The Morgan fingerprint density at radius 3 is 2.50 bits per heavy atom. The third kappa shape index (κ3) is 2.41. The Balaban J connectivity index is 1.85. The van der Waals surface area contributed by atoms with E-state index in [1.54, 1.807) is 12.1 Å². The van der Waals surface area contributed by atoms with Crippen LogP contribution in [0.4, 0.5) is 0 Å². The first-order valence-corrected chi connectivity index (χ1v) is 8.04. The Kier molecular flexibility index (Phi) is 3.43. The van der Waals surface area contributed by atoms with Gasteiger partial charge in [-0.25, -0.2) is 0 Å². The molecule has 0 amide bonds. The van der Waals surface area contributed by atoms with Crippen molar-refractivity contribution in [2.75, 3.05) is 0 Å². The maximum atomic E-state index is 9.79. The molecule has 1 unspecified atom stereocenters. The van der Waals surface area contributed by atoms with Crippen molar-refractivity contribution < 1.29 is 10.2 Å². The van der Waals surface area contributed by atoms with E-state index in [0.29, 0.717) is 0 Å². The molecule has 1 aromatic carbocycles. The second-order valence-corrected chi connectivity index (χ2v) is 7.32. The molecule has 2 aliphatic carbocycles. The highest BCUT2D eigenvalue weighted by atomic mass is 16.3. The second kappa shape index (κ2) is 4.98. The zero-order valence-corrected chi connectivity index (χ0v) is 12.6. The second-order valence-electron chi connectivity index (χ2n) is 7.32. The molecule has 0 saturated heterocycles. The van der Waals surface area contributed by atoms with Crippen molar-refractivity contribution in [3.63, 3.8) is 0 Å². The number of fused-ring (bicyclic) bond motifs is 1. The van der Waals surface area contributed by atoms with E-state index in [1.807, 2.05) is 6.07 Å². The van der Waals surface area contributed by atoms with Gasteiger partial charge in [0, 0.05) is 0 Å². The molecule has 3 rings (SSSR count). The van der Waals surface area contributed by atoms with E-state index in [1.165, 1.54) is 44.1 Å². The van der Waals surface area contributed by atoms with Crippen molar-refractivity contribution >= 4 is 0 Å². The molecule has 1 aromatic rings. The largest absolute Gasteiger partial charge is 0.504 e. The molecule has 2 fully saturated rings. The van der Waals surface area contributed by atoms with Gasteiger partial charge in [0.2, 0.25) is 0 Å². The Hall–Kier alpha value is -1.18. The molecule has 0 heterocycles. The molecule has 2 nitrogen and oxygen atoms in total. The minimum atomic E-state index is -0.00703. The molecule has 4 atom stereocenters. The van der Waals surface area contributed by atoms with Crippen LogP contribution in [0, 0.1) is 17.8 Å². The standard InChI is InChI=1S/C18H26O2/c1-12-3-4-15-11-18(15,8-7-13(2)9-12)14-5-6-16(19)17(20)10-14/h5-6,10,12-13,15,19-20H,3-4,7-9,11H2,1-2H3/t12-,13?,15-,18+/m1/s1. The molecule has 2 N–H and O–H groups in total. The van der Waals surface area contributed by atoms with Gasteiger partial charge in [-0.2, -0.15) is 0 Å². The molecule has 2 saturated carbocycles. The first kappa shape index (κ1) is 13.8. The molecular weight excluding hydrogens is 248 g/mol. The van der Waals surface area contributed by atoms with E-state index in [2.05, 4.69) is 13.8 Å². The predicted octanol–water partition coefficient (Wildman–Crippen LogP) is 4.59. The van der Waals surface area contributed by atoms with Crippen LogP contribution in [-0.2, 0) is 5.41 Å². The summed E-state index contributed by atoms with van der Waals surface area (Å²) in [6, 6.07) is 5.45. The average Bonchev–Trinajstić information content (AvgIpc) is 3.11. The van der Waals surface area contributed by atoms with Crippen molar-refractivity contribution in [3.05, 3.63) is 23.8 Å². The highest BCUT2D eigenvalue weighted by Crippen LogP contribution is 2.61. The van der Waals surface area contributed by atoms with Gasteiger partial charge in [0.25, 0.3) is 0 Å². The Bertz CT molecular complexity index is 496. The number of hydrogen-bond acceptors (Lipinski definition) is 2. The van der Waals surface area contributed by atoms with Crippen LogP contribution in [0.15, 0.2) is 18.2 Å². The minimum Gasteiger partial charge on any atom is -0.504 e. The lowest BCUT2D eigenvalue weighted by Gasteiger charge is -2.20. The molecule has 0 aromatic heterocycles. The quantitative estimate of drug-likeness (QED) is 0.735. The molecule has 2 aliphatic rings. The smallest absolute Gasteiger partial charge is 0.157 e. The van der Waals surface area contributed by atoms with Gasteiger partial charge in [0.1, 0.15) is 0 Å². The summed E-state index contributed by atoms with van der Waals surface area (Å²) >= 11 is 0. The molecule has 110 valence electrons. The Morgan fingerprint density at radius 1 is 1.00 bits per heavy atom. The van der Waals surface area contributed by atoms with Gasteiger partial charge in [-0.15, -0.1) is 0 Å². The fraction of sp³-hybridized carbons (Fsp3) is 0.667. The number of benzene rings is 1. The topological polar surface area (TPSA) is 40.5 Å². The summed E-state index contributed by atoms with van der Waals surface area (Å²) in [5.74, 6) is 2.44. The monoisotopic (exact) mass is 274 g/mol. The Labute approximate surface area is 121 Å². The van der Waals surface area contributed by atoms with E-state index in [4.69, 9.17) is 0 Å². The fourth-order valence-corrected chi connectivity index (χ4v) is 4.31. The van der Waals surface area contributed by atoms with Gasteiger partial charge in [0.05, 0.1) is 0 Å². The molecule has 0 spiro atoms. The van der Waals surface area contributed by atoms with Gasteiger partial charge >= 0.3 is 0 Å². The highest BCUT2D eigenvalue weighted by Gasteiger charge is 2.54. The van der Waals surface area contributed by atoms with Crippen molar-refractivity contribution in [2.24, 2.45) is 17.8 Å². The molecule has 0 bridgehead atoms. The average molecular weight is 274 g/mol. The number of rotatable bonds is 1. The maximum absolute atomic E-state index is 9.79. The summed E-state index contributed by atoms with van der Waals surface area (Å²) in [5, 5.41) is 19.3. The lowest BCUT2D eigenvalue weighted by molar-refractivity contribution is 0.369. The lowest BCUT2D eigenvalue weighted by Crippen LogP contribution is -2.11. The van der Waals surface area contributed by atoms with Crippen LogP contribution < -0.4 is 0 Å². The summed E-state index contributed by atoms with van der Waals surface area (Å²) in [7, 11) is 0. The van der Waals surface area contributed by atoms with Crippen molar-refractivity contribution in [3.8, 4) is 11.5 Å². The Morgan fingerprint density at radius 2 is 1.75 bits per heavy atom. The molecule has 2 heteroatoms. The van der Waals surface area contributed by atoms with Gasteiger partial charge in [0.15, 0.2) is 11.5 Å². The van der Waals surface area contributed by atoms with Crippen LogP contribution in [0.3, 0.4) is 0 Å². The van der Waals surface area contributed by atoms with Crippen LogP contribution in [0.25, 0.3) is 0 Å². The van der Waals surface area contributed by atoms with Crippen molar-refractivity contribution in [1.82, 2.24) is 0 Å². The summed E-state index contributed by atoms with van der Waals surface area (Å²) in [4.78, 5) is 0. The third-order valence-corrected chi connectivity index (χ3v) is 5.68. The first-order chi connectivity index (χ1) is 9.51. The van der Waals surface area contributed by atoms with Gasteiger partial charge in [-0.1, -0.05) is 26.3 Å². The number of phenols is 2. The zero-order valence-electron chi connectivity index (χ0n) is 12.6. The van der Waals surface area contributed by atoms with Crippen LogP contribution in [0.2, 0.25) is 0 Å². The highest BCUT2D eigenvalue weighted by molar-refractivity contribution is 5.45. The van der Waals surface area contributed by atoms with E-state index < -0.39 is 0 Å². The SMILES string of the molecule is CC1CC[C@@]2(c3ccc(O)c(O)c3)C[C@H]2CC[C@@H](C)C1. The van der Waals surface area contributed by atoms with Crippen LogP contribution in [-0.4, -0.2) is 10.2 Å². The molecule has 20 heavy (non-hydrogen) atoms. The number of phenolic OH excluding ortho intramolecular Hbond substituents is 2. The van der Waals surface area contributed by atoms with Crippen LogP contribution in [0.5, 0.6) is 11.5 Å². The zero-order chi connectivity index (χ0) is 14.3. The van der Waals surface area contributed by atoms with E-state index in [-0.39, 0.29) is 16.9 Å². The minimum absolute atomic E-state index is 0.00703. The van der Waals surface area contributed by atoms with Crippen LogP contribution in [0.1, 0.15) is 57.9 Å². The summed E-state index contributed by atoms with van der Waals surface area (Å²) in [6.07, 6.45) is 7.77. The summed E-state index contributed by atoms with van der Waals surface area (Å²) in [6.45, 7) is 4.76. The van der Waals surface area contributed by atoms with Crippen molar-refractivity contribution in [1.29, 1.82) is 0 Å². The maximum Gasteiger partial charge on any atom is 0.157 e.